The van der Waals surface area contributed by atoms with Gasteiger partial charge in [-0.25, -0.2) is 17.6 Å². The van der Waals surface area contributed by atoms with Crippen LogP contribution < -0.4 is 23.7 Å². The number of halogens is 4. The summed E-state index contributed by atoms with van der Waals surface area (Å²) in [7, 11) is 0. The van der Waals surface area contributed by atoms with E-state index >= 15 is 0 Å². The van der Waals surface area contributed by atoms with Gasteiger partial charge in [0.15, 0.2) is 44.6 Å². The first-order chi connectivity index (χ1) is 63.6. The van der Waals surface area contributed by atoms with Crippen LogP contribution in [0.5, 0.6) is 28.7 Å². The molecule has 660 valence electrons. The Balaban J connectivity index is 0.000000119. The lowest BCUT2D eigenvalue weighted by molar-refractivity contribution is -0.135. The third-order valence-corrected chi connectivity index (χ3v) is 22.8. The number of carbonyl (C=O) groups excluding carboxylic acids is 5. The van der Waals surface area contributed by atoms with Gasteiger partial charge in [-0.05, 0) is 91.9 Å². The van der Waals surface area contributed by atoms with E-state index in [9.17, 15) is 41.5 Å². The third kappa shape index (κ3) is 22.0. The lowest BCUT2D eigenvalue weighted by Crippen LogP contribution is -2.38. The van der Waals surface area contributed by atoms with Gasteiger partial charge in [-0.3, -0.25) is 49.5 Å². The van der Waals surface area contributed by atoms with Crippen LogP contribution in [0, 0.1) is 30.2 Å². The minimum atomic E-state index is -0.470. The highest BCUT2D eigenvalue weighted by molar-refractivity contribution is 5.82. The molecule has 0 atom stereocenters. The molecule has 5 aliphatic rings. The Morgan fingerprint density at radius 2 is 0.569 bits per heavy atom. The summed E-state index contributed by atoms with van der Waals surface area (Å²) < 4.78 is 81.3. The molecule has 29 heteroatoms. The summed E-state index contributed by atoms with van der Waals surface area (Å²) in [6.45, 7) is 7.18. The number of carbonyl (C=O) groups is 5. The Morgan fingerprint density at radius 3 is 0.923 bits per heavy atom. The Labute approximate surface area is 747 Å². The number of benzene rings is 10. The highest BCUT2D eigenvalue weighted by atomic mass is 19.1. The van der Waals surface area contributed by atoms with Crippen LogP contribution >= 0.6 is 0 Å². The number of para-hydroxylation sites is 2. The number of nitrogens with one attached hydrogen (secondary N) is 5. The fourth-order valence-corrected chi connectivity index (χ4v) is 15.7. The second kappa shape index (κ2) is 42.1. The number of hydrogen-bond donors (Lipinski definition) is 5. The normalized spacial score (nSPS) is 13.3. The van der Waals surface area contributed by atoms with Gasteiger partial charge in [0.2, 0.25) is 0 Å². The molecule has 5 aromatic heterocycles. The summed E-state index contributed by atoms with van der Waals surface area (Å²) in [5.74, 6) is 0.297. The summed E-state index contributed by atoms with van der Waals surface area (Å²) in [4.78, 5) is 71.5. The van der Waals surface area contributed by atoms with Gasteiger partial charge in [0, 0.05) is 188 Å². The van der Waals surface area contributed by atoms with E-state index in [1.54, 1.807) is 62.1 Å². The Kier molecular flexibility index (Phi) is 28.4. The van der Waals surface area contributed by atoms with Crippen LogP contribution in [-0.4, -0.2) is 171 Å². The van der Waals surface area contributed by atoms with Crippen LogP contribution in [0.4, 0.5) is 17.6 Å². The first-order valence-corrected chi connectivity index (χ1v) is 42.7. The van der Waals surface area contributed by atoms with Gasteiger partial charge in [0.1, 0.15) is 46.1 Å². The van der Waals surface area contributed by atoms with Crippen molar-refractivity contribution in [3.05, 3.63) is 358 Å². The lowest BCUT2D eigenvalue weighted by atomic mass is 10.0. The van der Waals surface area contributed by atoms with Crippen molar-refractivity contribution in [3.63, 3.8) is 0 Å². The van der Waals surface area contributed by atoms with Gasteiger partial charge < -0.3 is 48.2 Å². The van der Waals surface area contributed by atoms with Gasteiger partial charge in [-0.2, -0.15) is 25.5 Å². The first-order valence-electron chi connectivity index (χ1n) is 42.7. The van der Waals surface area contributed by atoms with Crippen molar-refractivity contribution in [1.29, 1.82) is 0 Å². The van der Waals surface area contributed by atoms with E-state index in [0.717, 1.165) is 126 Å². The van der Waals surface area contributed by atoms with Crippen molar-refractivity contribution >= 4 is 29.5 Å². The van der Waals surface area contributed by atoms with Crippen LogP contribution in [0.25, 0.3) is 56.3 Å². The van der Waals surface area contributed by atoms with Crippen LogP contribution in [-0.2, 0) is 88.8 Å². The molecule has 25 nitrogen and oxygen atoms in total. The van der Waals surface area contributed by atoms with Gasteiger partial charge in [-0.15, -0.1) is 0 Å². The van der Waals surface area contributed by atoms with Crippen molar-refractivity contribution < 1.29 is 65.2 Å². The number of aromatic nitrogens is 10. The minimum absolute atomic E-state index is 0.00330. The topological polar surface area (TPSA) is 291 Å². The van der Waals surface area contributed by atoms with E-state index in [1.165, 1.54) is 60.2 Å². The molecule has 15 aromatic rings. The molecule has 5 amide bonds. The highest BCUT2D eigenvalue weighted by Crippen LogP contribution is 2.36. The zero-order chi connectivity index (χ0) is 89.7. The van der Waals surface area contributed by atoms with Crippen molar-refractivity contribution in [3.8, 4) is 85.0 Å². The number of nitrogens with zero attached hydrogens (tertiary/aromatic N) is 10. The Bertz CT molecular complexity index is 6210. The number of aromatic amines is 5. The third-order valence-electron chi connectivity index (χ3n) is 22.8. The molecule has 0 fully saturated rings. The number of ether oxygens (including phenoxy) is 5. The number of rotatable bonds is 20. The van der Waals surface area contributed by atoms with Crippen LogP contribution in [0.15, 0.2) is 273 Å². The Hall–Kier alpha value is -15.7. The standard InChI is InChI=1S/C21H21N3O2.4C20H18FN3O2/c1-15-7-9-17(10-8-15)26-14-20(25)24-12-11-19-18(13-24)21(23-22-19)16-5-3-2-4-6-16;21-16-8-4-5-9-18(16)26-13-19(25)24-11-10-17-15(12-24)20(23-22-17)14-6-2-1-3-7-14;21-17-9-5-4-8-15(17)20-16-12-24(11-10-18(16)22-23-20)19(25)13-26-14-6-2-1-3-7-14;21-15-7-4-8-16(11-15)26-13-19(25)24-10-9-18-17(12-24)20(23-22-18)14-5-2-1-3-6-14;21-15-6-8-16(9-7-15)26-13-19(25)24-11-10-18-17(12-24)20(23-22-18)14-4-2-1-3-5-14/h2-10H,11-14H2,1H3,(H,22,23);2*1-9H,10-13H2,(H,22,23);1-8,11H,9-10,12-13H2,(H,22,23);1-9H,10-13H2,(H,22,23). The van der Waals surface area contributed by atoms with Crippen LogP contribution in [0.1, 0.15) is 61.9 Å². The van der Waals surface area contributed by atoms with Gasteiger partial charge >= 0.3 is 0 Å². The predicted octanol–water partition coefficient (Wildman–Crippen LogP) is 16.1. The molecular weight excluding hydrogens is 1660 g/mol. The summed E-state index contributed by atoms with van der Waals surface area (Å²) in [5, 5.41) is 37.4. The monoisotopic (exact) mass is 1750 g/mol. The van der Waals surface area contributed by atoms with E-state index in [0.29, 0.717) is 107 Å². The van der Waals surface area contributed by atoms with Crippen LogP contribution in [0.2, 0.25) is 0 Å². The van der Waals surface area contributed by atoms with E-state index in [2.05, 4.69) is 51.0 Å². The summed E-state index contributed by atoms with van der Waals surface area (Å²) in [6.07, 6.45) is 3.61. The second-order valence-corrected chi connectivity index (χ2v) is 31.3. The lowest BCUT2D eigenvalue weighted by Gasteiger charge is -2.27. The molecule has 0 saturated carbocycles. The zero-order valence-corrected chi connectivity index (χ0v) is 71.2. The fourth-order valence-electron chi connectivity index (χ4n) is 15.7. The predicted molar refractivity (Wildman–Crippen MR) is 480 cm³/mol. The molecule has 5 aliphatic heterocycles. The molecule has 0 unspecified atom stereocenters. The quantitative estimate of drug-likeness (QED) is 0.0443. The van der Waals surface area contributed by atoms with Gasteiger partial charge in [-0.1, -0.05) is 188 Å². The van der Waals surface area contributed by atoms with Gasteiger partial charge in [0.25, 0.3) is 29.5 Å². The molecule has 5 N–H and O–H groups in total. The average Bonchev–Trinajstić information content (AvgIpc) is 1.65. The van der Waals surface area contributed by atoms with Crippen molar-refractivity contribution in [2.75, 3.05) is 65.8 Å². The van der Waals surface area contributed by atoms with E-state index in [-0.39, 0.29) is 85.8 Å². The van der Waals surface area contributed by atoms with Crippen molar-refractivity contribution in [2.24, 2.45) is 0 Å². The largest absolute Gasteiger partial charge is 0.484 e. The maximum Gasteiger partial charge on any atom is 0.260 e. The highest BCUT2D eigenvalue weighted by Gasteiger charge is 2.33. The SMILES string of the molecule is Cc1ccc(OCC(=O)N2CCc3[nH]nc(-c4ccccc4)c3C2)cc1.O=C(COc1ccc(F)cc1)N1CCc2[nH]nc(-c3ccccc3)c2C1.O=C(COc1cccc(F)c1)N1CCc2[nH]nc(-c3ccccc3)c2C1.O=C(COc1ccccc1)N1CCc2[nH]nc(-c3ccccc3F)c2C1.O=C(COc1ccccc1F)N1CCc2[nH]nc(-c3ccccc3)c2C1. The second-order valence-electron chi connectivity index (χ2n) is 31.3. The molecule has 0 radical (unpaired) electrons. The Morgan fingerprint density at radius 1 is 0.285 bits per heavy atom. The summed E-state index contributed by atoms with van der Waals surface area (Å²) in [5.41, 5.74) is 20.3. The van der Waals surface area contributed by atoms with Crippen molar-refractivity contribution in [1.82, 2.24) is 75.5 Å². The molecule has 130 heavy (non-hydrogen) atoms. The number of fused-ring (bicyclic) bond motifs is 5. The molecule has 10 aromatic carbocycles. The van der Waals surface area contributed by atoms with E-state index < -0.39 is 5.82 Å². The minimum Gasteiger partial charge on any atom is -0.484 e. The number of hydrogen-bond acceptors (Lipinski definition) is 15. The molecule has 0 bridgehead atoms. The first kappa shape index (κ1) is 87.8. The number of aryl methyl sites for hydroxylation is 1. The maximum atomic E-state index is 14.1. The molecule has 0 spiro atoms. The molecule has 0 aliphatic carbocycles. The van der Waals surface area contributed by atoms with Gasteiger partial charge in [0.05, 0.1) is 22.8 Å². The van der Waals surface area contributed by atoms with E-state index in [4.69, 9.17) is 23.7 Å². The molecule has 0 saturated heterocycles. The smallest absolute Gasteiger partial charge is 0.260 e. The van der Waals surface area contributed by atoms with Crippen molar-refractivity contribution in [2.45, 2.75) is 71.8 Å². The number of amides is 5. The fraction of sp³-hybridized carbons (Fsp3) is 0.208. The molecule has 10 heterocycles. The summed E-state index contributed by atoms with van der Waals surface area (Å²) >= 11 is 0. The van der Waals surface area contributed by atoms with E-state index in [1.807, 2.05) is 188 Å². The zero-order valence-electron chi connectivity index (χ0n) is 71.2. The maximum absolute atomic E-state index is 14.1. The van der Waals surface area contributed by atoms with Crippen LogP contribution in [0.3, 0.4) is 0 Å². The average molecular weight is 1750 g/mol. The summed E-state index contributed by atoms with van der Waals surface area (Å²) in [6, 6.07) is 80.8. The molecular formula is C101H93F4N15O10. The number of H-pyrrole nitrogens is 5. The molecule has 20 rings (SSSR count).